The van der Waals surface area contributed by atoms with Gasteiger partial charge in [0, 0.05) is 13.1 Å². The van der Waals surface area contributed by atoms with Crippen molar-refractivity contribution in [3.05, 3.63) is 48.0 Å². The highest BCUT2D eigenvalue weighted by molar-refractivity contribution is 5.83. The summed E-state index contributed by atoms with van der Waals surface area (Å²) in [6.07, 6.45) is -0.418. The molecule has 0 radical (unpaired) electrons. The van der Waals surface area contributed by atoms with E-state index in [9.17, 15) is 5.11 Å². The number of hydrogen-bond donors (Lipinski definition) is 1. The highest BCUT2D eigenvalue weighted by Gasteiger charge is 2.13. The van der Waals surface area contributed by atoms with Gasteiger partial charge in [0.1, 0.15) is 0 Å². The van der Waals surface area contributed by atoms with Gasteiger partial charge in [-0.15, -0.1) is 0 Å². The molecule has 2 aromatic carbocycles. The molecule has 2 heteroatoms. The van der Waals surface area contributed by atoms with Gasteiger partial charge in [0.05, 0.1) is 6.10 Å². The van der Waals surface area contributed by atoms with Crippen molar-refractivity contribution in [3.8, 4) is 0 Å². The van der Waals surface area contributed by atoms with Crippen molar-refractivity contribution in [2.24, 2.45) is 5.92 Å². The molecule has 0 aliphatic rings. The number of fused-ring (bicyclic) bond motifs is 1. The molecule has 0 saturated heterocycles. The van der Waals surface area contributed by atoms with Gasteiger partial charge >= 0.3 is 0 Å². The van der Waals surface area contributed by atoms with Crippen LogP contribution in [0.5, 0.6) is 0 Å². The van der Waals surface area contributed by atoms with Crippen molar-refractivity contribution in [3.63, 3.8) is 0 Å². The van der Waals surface area contributed by atoms with Crippen LogP contribution >= 0.6 is 0 Å². The smallest absolute Gasteiger partial charge is 0.0917 e. The molecular formula is C18H25NO. The monoisotopic (exact) mass is 271 g/mol. The van der Waals surface area contributed by atoms with Gasteiger partial charge in [-0.25, -0.2) is 0 Å². The molecule has 1 unspecified atom stereocenters. The molecule has 2 aromatic rings. The fourth-order valence-electron chi connectivity index (χ4n) is 2.61. The fraction of sp³-hybridized carbons (Fsp3) is 0.444. The van der Waals surface area contributed by atoms with E-state index in [2.05, 4.69) is 49.9 Å². The van der Waals surface area contributed by atoms with Crippen LogP contribution in [0.25, 0.3) is 10.8 Å². The van der Waals surface area contributed by atoms with Crippen LogP contribution in [0.15, 0.2) is 42.5 Å². The minimum Gasteiger partial charge on any atom is -0.387 e. The standard InChI is InChI=1S/C18H25NO/c1-4-19(12-14(2)3)13-18(20)17-10-9-15-7-5-6-8-16(15)11-17/h5-11,14,18,20H,4,12-13H2,1-3H3. The highest BCUT2D eigenvalue weighted by Crippen LogP contribution is 2.21. The van der Waals surface area contributed by atoms with Crippen molar-refractivity contribution in [1.82, 2.24) is 4.90 Å². The Hall–Kier alpha value is -1.38. The van der Waals surface area contributed by atoms with Gasteiger partial charge in [0.2, 0.25) is 0 Å². The second-order valence-electron chi connectivity index (χ2n) is 5.87. The number of aliphatic hydroxyl groups is 1. The van der Waals surface area contributed by atoms with Crippen molar-refractivity contribution >= 4 is 10.8 Å². The van der Waals surface area contributed by atoms with Gasteiger partial charge in [-0.1, -0.05) is 57.2 Å². The second kappa shape index (κ2) is 6.87. The fourth-order valence-corrected chi connectivity index (χ4v) is 2.61. The van der Waals surface area contributed by atoms with Gasteiger partial charge in [0.25, 0.3) is 0 Å². The molecule has 0 aliphatic carbocycles. The molecule has 0 aliphatic heterocycles. The summed E-state index contributed by atoms with van der Waals surface area (Å²) in [4.78, 5) is 2.31. The maximum atomic E-state index is 10.5. The number of nitrogens with zero attached hydrogens (tertiary/aromatic N) is 1. The van der Waals surface area contributed by atoms with Gasteiger partial charge in [-0.3, -0.25) is 0 Å². The molecular weight excluding hydrogens is 246 g/mol. The Morgan fingerprint density at radius 2 is 1.70 bits per heavy atom. The number of aliphatic hydroxyl groups excluding tert-OH is 1. The predicted octanol–water partition coefficient (Wildman–Crippen LogP) is 3.85. The number of likely N-dealkylation sites (N-methyl/N-ethyl adjacent to an activating group) is 1. The topological polar surface area (TPSA) is 23.5 Å². The second-order valence-corrected chi connectivity index (χ2v) is 5.87. The molecule has 0 aromatic heterocycles. The van der Waals surface area contributed by atoms with Crippen LogP contribution < -0.4 is 0 Å². The first kappa shape index (κ1) is 15.0. The average molecular weight is 271 g/mol. The first-order valence-corrected chi connectivity index (χ1v) is 7.49. The lowest BCUT2D eigenvalue weighted by Gasteiger charge is -2.25. The summed E-state index contributed by atoms with van der Waals surface area (Å²) in [5.41, 5.74) is 1.01. The molecule has 2 rings (SSSR count). The Kier molecular flexibility index (Phi) is 5.16. The highest BCUT2D eigenvalue weighted by atomic mass is 16.3. The summed E-state index contributed by atoms with van der Waals surface area (Å²) in [6, 6.07) is 14.5. The molecule has 0 heterocycles. The van der Waals surface area contributed by atoms with Crippen molar-refractivity contribution in [2.75, 3.05) is 19.6 Å². The minimum atomic E-state index is -0.418. The van der Waals surface area contributed by atoms with E-state index in [1.54, 1.807) is 0 Å². The van der Waals surface area contributed by atoms with E-state index in [-0.39, 0.29) is 0 Å². The summed E-state index contributed by atoms with van der Waals surface area (Å²) in [6.45, 7) is 9.28. The molecule has 20 heavy (non-hydrogen) atoms. The number of hydrogen-bond acceptors (Lipinski definition) is 2. The van der Waals surface area contributed by atoms with Crippen molar-refractivity contribution in [1.29, 1.82) is 0 Å². The van der Waals surface area contributed by atoms with Gasteiger partial charge < -0.3 is 10.0 Å². The van der Waals surface area contributed by atoms with E-state index >= 15 is 0 Å². The van der Waals surface area contributed by atoms with Crippen molar-refractivity contribution < 1.29 is 5.11 Å². The molecule has 1 N–H and O–H groups in total. The largest absolute Gasteiger partial charge is 0.387 e. The van der Waals surface area contributed by atoms with E-state index in [0.29, 0.717) is 12.5 Å². The van der Waals surface area contributed by atoms with Crippen LogP contribution in [0, 0.1) is 5.92 Å². The molecule has 1 atom stereocenters. The molecule has 108 valence electrons. The Labute approximate surface area is 122 Å². The molecule has 0 bridgehead atoms. The summed E-state index contributed by atoms with van der Waals surface area (Å²) in [7, 11) is 0. The first-order chi connectivity index (χ1) is 9.60. The zero-order valence-electron chi connectivity index (χ0n) is 12.7. The van der Waals surface area contributed by atoms with Crippen LogP contribution in [-0.4, -0.2) is 29.6 Å². The van der Waals surface area contributed by atoms with Crippen LogP contribution in [-0.2, 0) is 0 Å². The minimum absolute atomic E-state index is 0.418. The Morgan fingerprint density at radius 1 is 1.00 bits per heavy atom. The third kappa shape index (κ3) is 3.81. The molecule has 0 saturated carbocycles. The normalized spacial score (nSPS) is 13.3. The summed E-state index contributed by atoms with van der Waals surface area (Å²) < 4.78 is 0. The lowest BCUT2D eigenvalue weighted by Crippen LogP contribution is -2.31. The van der Waals surface area contributed by atoms with E-state index in [1.165, 1.54) is 10.8 Å². The molecule has 0 amide bonds. The van der Waals surface area contributed by atoms with Gasteiger partial charge in [-0.05, 0) is 34.9 Å². The van der Waals surface area contributed by atoms with Crippen LogP contribution in [0.2, 0.25) is 0 Å². The van der Waals surface area contributed by atoms with Gasteiger partial charge in [-0.2, -0.15) is 0 Å². The molecule has 0 fully saturated rings. The summed E-state index contributed by atoms with van der Waals surface area (Å²) in [5, 5.41) is 12.9. The quantitative estimate of drug-likeness (QED) is 0.862. The molecule has 0 spiro atoms. The number of rotatable bonds is 6. The Morgan fingerprint density at radius 3 is 2.35 bits per heavy atom. The third-order valence-electron chi connectivity index (χ3n) is 3.66. The van der Waals surface area contributed by atoms with E-state index in [4.69, 9.17) is 0 Å². The maximum absolute atomic E-state index is 10.5. The maximum Gasteiger partial charge on any atom is 0.0917 e. The van der Waals surface area contributed by atoms with Crippen LogP contribution in [0.4, 0.5) is 0 Å². The lowest BCUT2D eigenvalue weighted by molar-refractivity contribution is 0.109. The third-order valence-corrected chi connectivity index (χ3v) is 3.66. The number of benzene rings is 2. The summed E-state index contributed by atoms with van der Waals surface area (Å²) >= 11 is 0. The predicted molar refractivity (Wildman–Crippen MR) is 85.9 cm³/mol. The SMILES string of the molecule is CCN(CC(C)C)CC(O)c1ccc2ccccc2c1. The van der Waals surface area contributed by atoms with Crippen LogP contribution in [0.1, 0.15) is 32.4 Å². The van der Waals surface area contributed by atoms with Gasteiger partial charge in [0.15, 0.2) is 0 Å². The molecule has 2 nitrogen and oxygen atoms in total. The summed E-state index contributed by atoms with van der Waals surface area (Å²) in [5.74, 6) is 0.624. The zero-order chi connectivity index (χ0) is 14.5. The zero-order valence-corrected chi connectivity index (χ0v) is 12.7. The first-order valence-electron chi connectivity index (χ1n) is 7.49. The Bertz CT molecular complexity index is 550. The van der Waals surface area contributed by atoms with Crippen molar-refractivity contribution in [2.45, 2.75) is 26.9 Å². The Balaban J connectivity index is 2.11. The lowest BCUT2D eigenvalue weighted by atomic mass is 10.0. The van der Waals surface area contributed by atoms with Crippen LogP contribution in [0.3, 0.4) is 0 Å². The average Bonchev–Trinajstić information content (AvgIpc) is 2.45. The van der Waals surface area contributed by atoms with E-state index in [1.807, 2.05) is 18.2 Å². The van der Waals surface area contributed by atoms with E-state index < -0.39 is 6.10 Å². The van der Waals surface area contributed by atoms with E-state index in [0.717, 1.165) is 18.7 Å².